The highest BCUT2D eigenvalue weighted by atomic mass is 32.1. The number of fused-ring (bicyclic) bond motifs is 1. The van der Waals surface area contributed by atoms with Crippen molar-refractivity contribution in [2.75, 3.05) is 0 Å². The van der Waals surface area contributed by atoms with E-state index in [9.17, 15) is 14.9 Å². The number of nitro benzene ring substituents is 1. The lowest BCUT2D eigenvalue weighted by Gasteiger charge is -2.07. The SMILES string of the molecule is Cc1cccc(COc2ccc(C=NNC(=O)c3cc4cc([N+](=O)[O-])ccc4s3)cc2)c1. The van der Waals surface area contributed by atoms with E-state index in [1.54, 1.807) is 18.3 Å². The van der Waals surface area contributed by atoms with E-state index >= 15 is 0 Å². The van der Waals surface area contributed by atoms with E-state index in [1.165, 1.54) is 29.0 Å². The van der Waals surface area contributed by atoms with Crippen molar-refractivity contribution in [1.29, 1.82) is 0 Å². The van der Waals surface area contributed by atoms with Crippen LogP contribution in [0.5, 0.6) is 5.75 Å². The van der Waals surface area contributed by atoms with Crippen molar-refractivity contribution in [3.63, 3.8) is 0 Å². The fourth-order valence-electron chi connectivity index (χ4n) is 3.10. The maximum atomic E-state index is 12.4. The number of rotatable bonds is 7. The van der Waals surface area contributed by atoms with Gasteiger partial charge in [-0.2, -0.15) is 5.10 Å². The van der Waals surface area contributed by atoms with E-state index in [2.05, 4.69) is 16.6 Å². The average Bonchev–Trinajstić information content (AvgIpc) is 3.22. The second-order valence-corrected chi connectivity index (χ2v) is 8.22. The molecule has 8 heteroatoms. The van der Waals surface area contributed by atoms with Crippen LogP contribution in [0.4, 0.5) is 5.69 Å². The maximum absolute atomic E-state index is 12.4. The van der Waals surface area contributed by atoms with Gasteiger partial charge in [0.2, 0.25) is 0 Å². The first-order valence-corrected chi connectivity index (χ1v) is 10.6. The Bertz CT molecular complexity index is 1310. The van der Waals surface area contributed by atoms with Gasteiger partial charge in [-0.3, -0.25) is 14.9 Å². The molecule has 4 rings (SSSR count). The van der Waals surface area contributed by atoms with Crippen molar-refractivity contribution in [1.82, 2.24) is 5.43 Å². The number of nitrogens with zero attached hydrogens (tertiary/aromatic N) is 2. The molecule has 0 aliphatic carbocycles. The fraction of sp³-hybridized carbons (Fsp3) is 0.0833. The van der Waals surface area contributed by atoms with Crippen LogP contribution in [0.2, 0.25) is 0 Å². The van der Waals surface area contributed by atoms with Crippen molar-refractivity contribution >= 4 is 39.2 Å². The minimum Gasteiger partial charge on any atom is -0.489 e. The lowest BCUT2D eigenvalue weighted by atomic mass is 10.1. The predicted octanol–water partition coefficient (Wildman–Crippen LogP) is 5.46. The molecule has 0 unspecified atom stereocenters. The van der Waals surface area contributed by atoms with E-state index in [1.807, 2.05) is 49.4 Å². The molecule has 0 saturated carbocycles. The number of amides is 1. The molecule has 0 spiro atoms. The number of thiophene rings is 1. The second kappa shape index (κ2) is 9.40. The maximum Gasteiger partial charge on any atom is 0.281 e. The highest BCUT2D eigenvalue weighted by Crippen LogP contribution is 2.28. The molecule has 0 fully saturated rings. The van der Waals surface area contributed by atoms with Crippen LogP contribution in [0.15, 0.2) is 77.9 Å². The molecule has 7 nitrogen and oxygen atoms in total. The van der Waals surface area contributed by atoms with E-state index in [-0.39, 0.29) is 11.6 Å². The summed E-state index contributed by atoms with van der Waals surface area (Å²) in [6.07, 6.45) is 1.54. The molecule has 1 aromatic heterocycles. The number of nitro groups is 1. The molecule has 0 bridgehead atoms. The van der Waals surface area contributed by atoms with Gasteiger partial charge < -0.3 is 4.74 Å². The van der Waals surface area contributed by atoms with Gasteiger partial charge in [-0.05, 0) is 54.4 Å². The first-order chi connectivity index (χ1) is 15.5. The van der Waals surface area contributed by atoms with Crippen LogP contribution in [-0.4, -0.2) is 17.0 Å². The largest absolute Gasteiger partial charge is 0.489 e. The van der Waals surface area contributed by atoms with E-state index < -0.39 is 4.92 Å². The Labute approximate surface area is 188 Å². The molecule has 1 heterocycles. The molecule has 0 aliphatic heterocycles. The number of non-ortho nitro benzene ring substituents is 1. The second-order valence-electron chi connectivity index (χ2n) is 7.14. The number of benzene rings is 3. The molecule has 0 radical (unpaired) electrons. The number of nitrogens with one attached hydrogen (secondary N) is 1. The van der Waals surface area contributed by atoms with Gasteiger partial charge in [0.1, 0.15) is 12.4 Å². The molecular weight excluding hydrogens is 426 g/mol. The Morgan fingerprint density at radius 1 is 1.12 bits per heavy atom. The number of hydrogen-bond acceptors (Lipinski definition) is 6. The fourth-order valence-corrected chi connectivity index (χ4v) is 4.03. The van der Waals surface area contributed by atoms with Gasteiger partial charge >= 0.3 is 0 Å². The van der Waals surface area contributed by atoms with Crippen molar-refractivity contribution in [3.8, 4) is 5.75 Å². The molecular formula is C24H19N3O4S. The van der Waals surface area contributed by atoms with Gasteiger partial charge in [0.25, 0.3) is 11.6 Å². The zero-order chi connectivity index (χ0) is 22.5. The topological polar surface area (TPSA) is 93.8 Å². The Balaban J connectivity index is 1.33. The highest BCUT2D eigenvalue weighted by molar-refractivity contribution is 7.20. The van der Waals surface area contributed by atoms with E-state index in [4.69, 9.17) is 4.74 Å². The number of hydrazone groups is 1. The summed E-state index contributed by atoms with van der Waals surface area (Å²) in [5, 5.41) is 15.6. The minimum absolute atomic E-state index is 0.00779. The Kier molecular flexibility index (Phi) is 6.23. The standard InChI is InChI=1S/C24H19N3O4S/c1-16-3-2-4-18(11-16)15-31-21-8-5-17(6-9-21)14-25-26-24(28)23-13-19-12-20(27(29)30)7-10-22(19)32-23/h2-14H,15H2,1H3,(H,26,28). The number of carbonyl (C=O) groups is 1. The lowest BCUT2D eigenvalue weighted by Crippen LogP contribution is -2.16. The van der Waals surface area contributed by atoms with Crippen molar-refractivity contribution in [2.45, 2.75) is 13.5 Å². The molecule has 4 aromatic rings. The quantitative estimate of drug-likeness (QED) is 0.232. The third-order valence-electron chi connectivity index (χ3n) is 4.68. The molecule has 1 N–H and O–H groups in total. The van der Waals surface area contributed by atoms with Crippen LogP contribution < -0.4 is 10.2 Å². The summed E-state index contributed by atoms with van der Waals surface area (Å²) in [7, 11) is 0. The minimum atomic E-state index is -0.458. The van der Waals surface area contributed by atoms with Gasteiger partial charge in [0.15, 0.2) is 0 Å². The van der Waals surface area contributed by atoms with Gasteiger partial charge in [0.05, 0.1) is 16.0 Å². The van der Waals surface area contributed by atoms with Crippen LogP contribution in [-0.2, 0) is 6.61 Å². The molecule has 0 saturated heterocycles. The number of carbonyl (C=O) groups excluding carboxylic acids is 1. The predicted molar refractivity (Wildman–Crippen MR) is 125 cm³/mol. The summed E-state index contributed by atoms with van der Waals surface area (Å²) in [5.74, 6) is 0.371. The van der Waals surface area contributed by atoms with Crippen LogP contribution in [0.3, 0.4) is 0 Å². The summed E-state index contributed by atoms with van der Waals surface area (Å²) in [5.41, 5.74) is 5.58. The van der Waals surface area contributed by atoms with Gasteiger partial charge in [-0.15, -0.1) is 11.3 Å². The molecule has 160 valence electrons. The van der Waals surface area contributed by atoms with Crippen molar-refractivity contribution in [2.24, 2.45) is 5.10 Å². The zero-order valence-corrected chi connectivity index (χ0v) is 18.0. The molecule has 3 aromatic carbocycles. The Morgan fingerprint density at radius 2 is 1.94 bits per heavy atom. The van der Waals surface area contributed by atoms with Crippen molar-refractivity contribution < 1.29 is 14.5 Å². The number of aryl methyl sites for hydroxylation is 1. The van der Waals surface area contributed by atoms with Gasteiger partial charge in [-0.1, -0.05) is 29.8 Å². The number of ether oxygens (including phenoxy) is 1. The first-order valence-electron chi connectivity index (χ1n) is 9.78. The van der Waals surface area contributed by atoms with Crippen LogP contribution in [0, 0.1) is 17.0 Å². The van der Waals surface area contributed by atoms with Crippen LogP contribution in [0.25, 0.3) is 10.1 Å². The Hall–Kier alpha value is -4.04. The molecule has 1 amide bonds. The summed E-state index contributed by atoms with van der Waals surface area (Å²) in [4.78, 5) is 23.2. The van der Waals surface area contributed by atoms with Crippen molar-refractivity contribution in [3.05, 3.63) is 104 Å². The average molecular weight is 446 g/mol. The summed E-state index contributed by atoms with van der Waals surface area (Å²) < 4.78 is 6.60. The third-order valence-corrected chi connectivity index (χ3v) is 5.80. The summed E-state index contributed by atoms with van der Waals surface area (Å²) >= 11 is 1.25. The molecule has 0 atom stereocenters. The zero-order valence-electron chi connectivity index (χ0n) is 17.1. The van der Waals surface area contributed by atoms with Crippen LogP contribution >= 0.6 is 11.3 Å². The molecule has 0 aliphatic rings. The third kappa shape index (κ3) is 5.16. The lowest BCUT2D eigenvalue weighted by molar-refractivity contribution is -0.384. The summed E-state index contributed by atoms with van der Waals surface area (Å²) in [6, 6.07) is 21.7. The van der Waals surface area contributed by atoms with E-state index in [0.29, 0.717) is 16.9 Å². The Morgan fingerprint density at radius 3 is 2.69 bits per heavy atom. The normalized spacial score (nSPS) is 11.0. The number of hydrogen-bond donors (Lipinski definition) is 1. The highest BCUT2D eigenvalue weighted by Gasteiger charge is 2.12. The van der Waals surface area contributed by atoms with Gasteiger partial charge in [0, 0.05) is 22.2 Å². The summed E-state index contributed by atoms with van der Waals surface area (Å²) in [6.45, 7) is 2.53. The first kappa shape index (κ1) is 21.2. The van der Waals surface area contributed by atoms with Crippen LogP contribution in [0.1, 0.15) is 26.4 Å². The van der Waals surface area contributed by atoms with Gasteiger partial charge in [-0.25, -0.2) is 5.43 Å². The monoisotopic (exact) mass is 445 g/mol. The van der Waals surface area contributed by atoms with E-state index in [0.717, 1.165) is 21.6 Å². The molecule has 32 heavy (non-hydrogen) atoms. The smallest absolute Gasteiger partial charge is 0.281 e.